The number of anilines is 3. The lowest BCUT2D eigenvalue weighted by atomic mass is 9.82. The van der Waals surface area contributed by atoms with Crippen LogP contribution in [-0.4, -0.2) is 30.3 Å². The van der Waals surface area contributed by atoms with Crippen LogP contribution in [0, 0.1) is 24.7 Å². The number of primary amides is 1. The Balaban J connectivity index is 1.36. The van der Waals surface area contributed by atoms with E-state index >= 15 is 0 Å². The van der Waals surface area contributed by atoms with E-state index in [0.29, 0.717) is 25.3 Å². The van der Waals surface area contributed by atoms with Gasteiger partial charge >= 0.3 is 0 Å². The molecule has 3 atom stereocenters. The van der Waals surface area contributed by atoms with E-state index < -0.39 is 23.8 Å². The van der Waals surface area contributed by atoms with E-state index in [1.54, 1.807) is 4.90 Å². The van der Waals surface area contributed by atoms with Gasteiger partial charge in [-0.25, -0.2) is 0 Å². The SMILES string of the molecule is CCCCC(C(N)=O)C(CCC1CC1)C(=O)NC1CN(c2ccccc2)c2ccccc2N(Cc2cccc(-c3ccc(C)cc3)c2)C1=O. The molecule has 0 bridgehead atoms. The molecule has 0 spiro atoms. The Kier molecular flexibility index (Phi) is 10.8. The van der Waals surface area contributed by atoms with Crippen LogP contribution < -0.4 is 20.9 Å². The summed E-state index contributed by atoms with van der Waals surface area (Å²) in [5.74, 6) is -1.44. The molecule has 49 heavy (non-hydrogen) atoms. The second-order valence-corrected chi connectivity index (χ2v) is 13.8. The maximum atomic E-state index is 14.8. The standard InChI is InChI=1S/C42H48N4O3/c1-3-4-15-35(40(43)47)36(25-22-30-20-21-30)41(48)44-37-28-45(34-13-6-5-7-14-34)38-16-8-9-17-39(38)46(42(37)49)27-31-11-10-12-33(26-31)32-23-18-29(2)19-24-32/h5-14,16-19,23-24,26,30,35-37H,3-4,15,20-22,25,27-28H2,1-2H3,(H2,43,47)(H,44,48). The molecular formula is C42H48N4O3. The second kappa shape index (κ2) is 15.5. The van der Waals surface area contributed by atoms with Crippen molar-refractivity contribution >= 4 is 34.8 Å². The third-order valence-corrected chi connectivity index (χ3v) is 10.1. The molecule has 4 aromatic carbocycles. The lowest BCUT2D eigenvalue weighted by Gasteiger charge is -2.29. The van der Waals surface area contributed by atoms with Gasteiger partial charge in [0.25, 0.3) is 5.91 Å². The van der Waals surface area contributed by atoms with E-state index in [1.165, 1.54) is 5.56 Å². The van der Waals surface area contributed by atoms with Crippen LogP contribution >= 0.6 is 0 Å². The van der Waals surface area contributed by atoms with Gasteiger partial charge in [-0.05, 0) is 79.1 Å². The molecule has 7 nitrogen and oxygen atoms in total. The lowest BCUT2D eigenvalue weighted by Crippen LogP contribution is -2.54. The van der Waals surface area contributed by atoms with E-state index in [0.717, 1.165) is 65.9 Å². The fourth-order valence-corrected chi connectivity index (χ4v) is 7.07. The Labute approximate surface area is 290 Å². The number of nitrogens with zero attached hydrogens (tertiary/aromatic N) is 2. The summed E-state index contributed by atoms with van der Waals surface area (Å²) in [6.07, 6.45) is 6.09. The van der Waals surface area contributed by atoms with Gasteiger partial charge in [0, 0.05) is 17.5 Å². The first kappa shape index (κ1) is 34.0. The highest BCUT2D eigenvalue weighted by molar-refractivity contribution is 6.04. The van der Waals surface area contributed by atoms with E-state index in [4.69, 9.17) is 5.73 Å². The highest BCUT2D eigenvalue weighted by atomic mass is 16.2. The summed E-state index contributed by atoms with van der Waals surface area (Å²) in [6.45, 7) is 4.72. The van der Waals surface area contributed by atoms with Crippen molar-refractivity contribution in [2.75, 3.05) is 16.3 Å². The first-order valence-corrected chi connectivity index (χ1v) is 17.8. The minimum absolute atomic E-state index is 0.190. The summed E-state index contributed by atoms with van der Waals surface area (Å²) in [5.41, 5.74) is 12.9. The molecule has 4 aromatic rings. The van der Waals surface area contributed by atoms with Gasteiger partial charge in [0.1, 0.15) is 6.04 Å². The van der Waals surface area contributed by atoms with Crippen molar-refractivity contribution in [3.63, 3.8) is 0 Å². The number of fused-ring (bicyclic) bond motifs is 1. The Hall–Kier alpha value is -4.91. The Morgan fingerprint density at radius 3 is 2.24 bits per heavy atom. The number of carbonyl (C=O) groups is 3. The number of nitrogens with one attached hydrogen (secondary N) is 1. The number of aryl methyl sites for hydroxylation is 1. The highest BCUT2D eigenvalue weighted by Gasteiger charge is 2.39. The number of amides is 3. The average molecular weight is 657 g/mol. The van der Waals surface area contributed by atoms with Gasteiger partial charge in [-0.1, -0.05) is 111 Å². The topological polar surface area (TPSA) is 95.7 Å². The predicted octanol–water partition coefficient (Wildman–Crippen LogP) is 7.93. The molecule has 1 fully saturated rings. The number of para-hydroxylation sites is 3. The Bertz CT molecular complexity index is 1750. The summed E-state index contributed by atoms with van der Waals surface area (Å²) in [5, 5.41) is 3.18. The summed E-state index contributed by atoms with van der Waals surface area (Å²) >= 11 is 0. The van der Waals surface area contributed by atoms with Gasteiger partial charge in [0.2, 0.25) is 11.8 Å². The van der Waals surface area contributed by atoms with Crippen LogP contribution in [0.5, 0.6) is 0 Å². The van der Waals surface area contributed by atoms with Crippen molar-refractivity contribution in [2.45, 2.75) is 71.4 Å². The van der Waals surface area contributed by atoms with Crippen LogP contribution in [-0.2, 0) is 20.9 Å². The zero-order chi connectivity index (χ0) is 34.3. The number of benzene rings is 4. The molecule has 1 aliphatic heterocycles. The van der Waals surface area contributed by atoms with Crippen molar-refractivity contribution in [2.24, 2.45) is 23.5 Å². The summed E-state index contributed by atoms with van der Waals surface area (Å²) in [7, 11) is 0. The smallest absolute Gasteiger partial charge is 0.251 e. The number of carbonyl (C=O) groups excluding carboxylic acids is 3. The van der Waals surface area contributed by atoms with E-state index in [9.17, 15) is 14.4 Å². The van der Waals surface area contributed by atoms with E-state index in [1.807, 2.05) is 66.7 Å². The Morgan fingerprint density at radius 1 is 0.837 bits per heavy atom. The molecule has 254 valence electrons. The number of rotatable bonds is 14. The maximum absolute atomic E-state index is 14.8. The summed E-state index contributed by atoms with van der Waals surface area (Å²) < 4.78 is 0. The molecule has 1 saturated carbocycles. The van der Waals surface area contributed by atoms with Crippen molar-refractivity contribution in [1.82, 2.24) is 5.32 Å². The monoisotopic (exact) mass is 656 g/mol. The highest BCUT2D eigenvalue weighted by Crippen LogP contribution is 2.39. The van der Waals surface area contributed by atoms with Gasteiger partial charge in [0.05, 0.1) is 24.5 Å². The summed E-state index contributed by atoms with van der Waals surface area (Å²) in [6, 6.07) is 33.8. The van der Waals surface area contributed by atoms with Crippen LogP contribution in [0.15, 0.2) is 103 Å². The number of hydrogen-bond acceptors (Lipinski definition) is 4. The third kappa shape index (κ3) is 8.22. The molecule has 1 aliphatic carbocycles. The molecule has 3 unspecified atom stereocenters. The number of unbranched alkanes of at least 4 members (excludes halogenated alkanes) is 1. The molecule has 0 saturated heterocycles. The van der Waals surface area contributed by atoms with Gasteiger partial charge in [0.15, 0.2) is 0 Å². The van der Waals surface area contributed by atoms with Crippen LogP contribution in [0.4, 0.5) is 17.1 Å². The normalized spacial score (nSPS) is 17.2. The molecule has 6 rings (SSSR count). The van der Waals surface area contributed by atoms with Crippen molar-refractivity contribution in [3.05, 3.63) is 114 Å². The minimum atomic E-state index is -0.858. The summed E-state index contributed by atoms with van der Waals surface area (Å²) in [4.78, 5) is 45.8. The van der Waals surface area contributed by atoms with Crippen LogP contribution in [0.2, 0.25) is 0 Å². The molecule has 0 aromatic heterocycles. The molecule has 0 radical (unpaired) electrons. The van der Waals surface area contributed by atoms with Crippen LogP contribution in [0.1, 0.15) is 63.0 Å². The first-order valence-electron chi connectivity index (χ1n) is 17.8. The fourth-order valence-electron chi connectivity index (χ4n) is 7.07. The molecule has 1 heterocycles. The van der Waals surface area contributed by atoms with E-state index in [-0.39, 0.29) is 18.4 Å². The molecule has 2 aliphatic rings. The quantitative estimate of drug-likeness (QED) is 0.144. The average Bonchev–Trinajstić information content (AvgIpc) is 3.96. The van der Waals surface area contributed by atoms with Crippen molar-refractivity contribution in [3.8, 4) is 11.1 Å². The van der Waals surface area contributed by atoms with Crippen LogP contribution in [0.25, 0.3) is 11.1 Å². The van der Waals surface area contributed by atoms with Gasteiger partial charge in [-0.15, -0.1) is 0 Å². The predicted molar refractivity (Wildman–Crippen MR) is 197 cm³/mol. The maximum Gasteiger partial charge on any atom is 0.251 e. The molecular weight excluding hydrogens is 608 g/mol. The zero-order valence-corrected chi connectivity index (χ0v) is 28.7. The van der Waals surface area contributed by atoms with Gasteiger partial charge < -0.3 is 20.9 Å². The molecule has 7 heteroatoms. The first-order chi connectivity index (χ1) is 23.8. The number of hydrogen-bond donors (Lipinski definition) is 2. The molecule has 3 N–H and O–H groups in total. The minimum Gasteiger partial charge on any atom is -0.369 e. The van der Waals surface area contributed by atoms with Crippen molar-refractivity contribution in [1.29, 1.82) is 0 Å². The van der Waals surface area contributed by atoms with Crippen molar-refractivity contribution < 1.29 is 14.4 Å². The molecule has 3 amide bonds. The van der Waals surface area contributed by atoms with E-state index in [2.05, 4.69) is 60.5 Å². The Morgan fingerprint density at radius 2 is 1.55 bits per heavy atom. The zero-order valence-electron chi connectivity index (χ0n) is 28.7. The largest absolute Gasteiger partial charge is 0.369 e. The van der Waals surface area contributed by atoms with Gasteiger partial charge in [-0.3, -0.25) is 14.4 Å². The number of nitrogens with two attached hydrogens (primary N) is 1. The fraction of sp³-hybridized carbons (Fsp3) is 0.357. The van der Waals surface area contributed by atoms with Crippen LogP contribution in [0.3, 0.4) is 0 Å². The van der Waals surface area contributed by atoms with Gasteiger partial charge in [-0.2, -0.15) is 0 Å². The second-order valence-electron chi connectivity index (χ2n) is 13.8. The third-order valence-electron chi connectivity index (χ3n) is 10.1. The lowest BCUT2D eigenvalue weighted by molar-refractivity contribution is -0.135.